The van der Waals surface area contributed by atoms with Gasteiger partial charge >= 0.3 is 92.6 Å². The van der Waals surface area contributed by atoms with Crippen LogP contribution >= 0.6 is 0 Å². The summed E-state index contributed by atoms with van der Waals surface area (Å²) >= 11 is -0.0389. The van der Waals surface area contributed by atoms with Crippen molar-refractivity contribution in [1.82, 2.24) is 7.96 Å². The Balaban J connectivity index is 1.95. The molecule has 1 saturated carbocycles. The molecule has 1 aromatic carbocycles. The summed E-state index contributed by atoms with van der Waals surface area (Å²) in [5, 5.41) is 2.92. The van der Waals surface area contributed by atoms with Crippen LogP contribution in [0.3, 0.4) is 0 Å². The maximum absolute atomic E-state index is 11.6. The average Bonchev–Trinajstić information content (AvgIpc) is 2.97. The molecule has 0 unspecified atom stereocenters. The Hall–Kier alpha value is -1.19. The third-order valence-corrected chi connectivity index (χ3v) is 3.63. The van der Waals surface area contributed by atoms with Crippen LogP contribution < -0.4 is 5.32 Å². The molecular weight excluding hydrogens is 257 g/mol. The molecule has 0 aliphatic heterocycles. The van der Waals surface area contributed by atoms with Crippen molar-refractivity contribution in [3.05, 3.63) is 18.2 Å². The van der Waals surface area contributed by atoms with Crippen LogP contribution in [0.15, 0.2) is 18.2 Å². The van der Waals surface area contributed by atoms with Crippen LogP contribution in [0, 0.1) is 5.92 Å². The van der Waals surface area contributed by atoms with E-state index in [1.807, 2.05) is 18.2 Å². The van der Waals surface area contributed by atoms with E-state index in [2.05, 4.69) is 13.3 Å². The van der Waals surface area contributed by atoms with Crippen LogP contribution in [0.25, 0.3) is 11.0 Å². The summed E-state index contributed by atoms with van der Waals surface area (Å²) in [6.07, 6.45) is 2.04. The zero-order chi connectivity index (χ0) is 10.3. The Labute approximate surface area is 92.9 Å². The molecule has 76 valence electrons. The first kappa shape index (κ1) is 9.07. The zero-order valence-electron chi connectivity index (χ0n) is 7.93. The molecule has 1 aliphatic rings. The van der Waals surface area contributed by atoms with Crippen LogP contribution in [0.4, 0.5) is 5.69 Å². The predicted octanol–water partition coefficient (Wildman–Crippen LogP) is 1.04. The van der Waals surface area contributed by atoms with E-state index in [9.17, 15) is 4.79 Å². The van der Waals surface area contributed by atoms with Gasteiger partial charge in [-0.1, -0.05) is 0 Å². The molecule has 0 radical (unpaired) electrons. The maximum atomic E-state index is 11.6. The normalized spacial score (nSPS) is 15.5. The Kier molecular flexibility index (Phi) is 2.08. The predicted molar refractivity (Wildman–Crippen MR) is 57.8 cm³/mol. The summed E-state index contributed by atoms with van der Waals surface area (Å²) in [6, 6.07) is 5.72. The van der Waals surface area contributed by atoms with E-state index in [0.29, 0.717) is 0 Å². The number of nitrogens with zero attached hydrogens (tertiary/aromatic N) is 2. The first-order valence-corrected chi connectivity index (χ1v) is 6.40. The van der Waals surface area contributed by atoms with Crippen LogP contribution in [0.1, 0.15) is 12.8 Å². The zero-order valence-corrected chi connectivity index (χ0v) is 9.65. The van der Waals surface area contributed by atoms with Gasteiger partial charge in [0.05, 0.1) is 0 Å². The van der Waals surface area contributed by atoms with Crippen molar-refractivity contribution < 1.29 is 4.79 Å². The quantitative estimate of drug-likeness (QED) is 0.826. The Morgan fingerprint density at radius 1 is 1.40 bits per heavy atom. The number of hydrogen-bond acceptors (Lipinski definition) is 3. The van der Waals surface area contributed by atoms with E-state index in [1.165, 1.54) is 0 Å². The second-order valence-electron chi connectivity index (χ2n) is 3.70. The number of hydrogen-bond donors (Lipinski definition) is 1. The Bertz CT molecular complexity index is 518. The van der Waals surface area contributed by atoms with Crippen LogP contribution in [-0.2, 0) is 4.79 Å². The van der Waals surface area contributed by atoms with E-state index < -0.39 is 0 Å². The number of anilines is 1. The molecule has 3 rings (SSSR count). The van der Waals surface area contributed by atoms with Crippen molar-refractivity contribution in [2.45, 2.75) is 12.8 Å². The average molecular weight is 266 g/mol. The molecule has 1 aromatic heterocycles. The first-order valence-electron chi connectivity index (χ1n) is 4.87. The van der Waals surface area contributed by atoms with Crippen molar-refractivity contribution >= 4 is 37.6 Å². The van der Waals surface area contributed by atoms with Gasteiger partial charge in [0.15, 0.2) is 0 Å². The topological polar surface area (TPSA) is 54.9 Å². The monoisotopic (exact) mass is 267 g/mol. The fourth-order valence-electron chi connectivity index (χ4n) is 1.49. The van der Waals surface area contributed by atoms with Gasteiger partial charge in [0.1, 0.15) is 0 Å². The number of rotatable bonds is 2. The van der Waals surface area contributed by atoms with Crippen molar-refractivity contribution in [2.75, 3.05) is 5.32 Å². The molecule has 0 bridgehead atoms. The van der Waals surface area contributed by atoms with Crippen LogP contribution in [-0.4, -0.2) is 28.8 Å². The first-order chi connectivity index (χ1) is 7.34. The number of nitrogens with one attached hydrogen (secondary N) is 1. The molecule has 1 amide bonds. The van der Waals surface area contributed by atoms with Crippen LogP contribution in [0.2, 0.25) is 0 Å². The van der Waals surface area contributed by atoms with Gasteiger partial charge < -0.3 is 0 Å². The van der Waals surface area contributed by atoms with Gasteiger partial charge in [0.2, 0.25) is 0 Å². The van der Waals surface area contributed by atoms with Gasteiger partial charge in [-0.3, -0.25) is 0 Å². The van der Waals surface area contributed by atoms with E-state index in [4.69, 9.17) is 0 Å². The fourth-order valence-corrected chi connectivity index (χ4v) is 2.64. The molecule has 0 saturated heterocycles. The molecule has 1 N–H and O–H groups in total. The summed E-state index contributed by atoms with van der Waals surface area (Å²) in [4.78, 5) is 11.6. The minimum atomic E-state index is -0.0389. The third-order valence-electron chi connectivity index (χ3n) is 2.49. The van der Waals surface area contributed by atoms with Crippen molar-refractivity contribution in [3.63, 3.8) is 0 Å². The number of benzene rings is 1. The summed E-state index contributed by atoms with van der Waals surface area (Å²) in [7, 11) is 0. The number of carbonyl (C=O) groups is 1. The van der Waals surface area contributed by atoms with E-state index in [1.54, 1.807) is 0 Å². The molecular formula is C10H9N3OSe. The molecule has 2 aromatic rings. The van der Waals surface area contributed by atoms with Crippen molar-refractivity contribution in [1.29, 1.82) is 0 Å². The molecule has 0 spiro atoms. The van der Waals surface area contributed by atoms with Crippen molar-refractivity contribution in [3.8, 4) is 0 Å². The third kappa shape index (κ3) is 1.68. The molecule has 5 heteroatoms. The van der Waals surface area contributed by atoms with Gasteiger partial charge in [0, 0.05) is 0 Å². The van der Waals surface area contributed by atoms with Gasteiger partial charge in [-0.25, -0.2) is 0 Å². The second kappa shape index (κ2) is 3.43. The van der Waals surface area contributed by atoms with Gasteiger partial charge in [-0.15, -0.1) is 0 Å². The van der Waals surface area contributed by atoms with Gasteiger partial charge in [-0.05, 0) is 0 Å². The Morgan fingerprint density at radius 2 is 2.27 bits per heavy atom. The summed E-state index contributed by atoms with van der Waals surface area (Å²) in [6.45, 7) is 0. The Morgan fingerprint density at radius 3 is 3.07 bits per heavy atom. The number of amides is 1. The summed E-state index contributed by atoms with van der Waals surface area (Å²) < 4.78 is 8.59. The molecule has 4 nitrogen and oxygen atoms in total. The number of carbonyl (C=O) groups excluding carboxylic acids is 1. The summed E-state index contributed by atoms with van der Waals surface area (Å²) in [5.41, 5.74) is 2.57. The fraction of sp³-hybridized carbons (Fsp3) is 0.300. The standard InChI is InChI=1S/C10H9N3OSe/c14-10(6-4-5-6)11-7-2-1-3-8-9(7)13-15-12-8/h1-3,6H,4-5H2,(H,11,14). The van der Waals surface area contributed by atoms with Crippen molar-refractivity contribution in [2.24, 2.45) is 5.92 Å². The molecule has 15 heavy (non-hydrogen) atoms. The van der Waals surface area contributed by atoms with Crippen LogP contribution in [0.5, 0.6) is 0 Å². The van der Waals surface area contributed by atoms with Gasteiger partial charge in [0.25, 0.3) is 0 Å². The molecule has 1 aliphatic carbocycles. The summed E-state index contributed by atoms with van der Waals surface area (Å²) in [5.74, 6) is 0.350. The van der Waals surface area contributed by atoms with E-state index in [-0.39, 0.29) is 26.8 Å². The van der Waals surface area contributed by atoms with E-state index >= 15 is 0 Å². The SMILES string of the molecule is O=C(Nc1cccc2n[se]nc12)C1CC1. The molecule has 1 heterocycles. The molecule has 1 fully saturated rings. The molecule has 0 atom stereocenters. The van der Waals surface area contributed by atoms with Gasteiger partial charge in [-0.2, -0.15) is 0 Å². The minimum absolute atomic E-state index is 0.0389. The number of aromatic nitrogens is 2. The second-order valence-corrected chi connectivity index (χ2v) is 4.81. The number of fused-ring (bicyclic) bond motifs is 1. The van der Waals surface area contributed by atoms with E-state index in [0.717, 1.165) is 29.6 Å².